The predicted octanol–water partition coefficient (Wildman–Crippen LogP) is 3.91. The number of benzene rings is 2. The van der Waals surface area contributed by atoms with Crippen LogP contribution in [0.4, 0.5) is 5.82 Å². The highest BCUT2D eigenvalue weighted by molar-refractivity contribution is 6.03. The molecule has 0 aliphatic carbocycles. The molecule has 1 N–H and O–H groups in total. The summed E-state index contributed by atoms with van der Waals surface area (Å²) in [6, 6.07) is 18.1. The monoisotopic (exact) mass is 430 g/mol. The van der Waals surface area contributed by atoms with Gasteiger partial charge in [0.25, 0.3) is 0 Å². The van der Waals surface area contributed by atoms with Crippen molar-refractivity contribution in [3.8, 4) is 5.75 Å². The van der Waals surface area contributed by atoms with Gasteiger partial charge in [0.2, 0.25) is 0 Å². The van der Waals surface area contributed by atoms with Crippen molar-refractivity contribution in [3.05, 3.63) is 83.0 Å². The molecular weight excluding hydrogens is 400 g/mol. The molecule has 2 heterocycles. The molecule has 3 aromatic rings. The van der Waals surface area contributed by atoms with Crippen molar-refractivity contribution < 1.29 is 9.84 Å². The summed E-state index contributed by atoms with van der Waals surface area (Å²) in [5, 5.41) is 10.5. The number of hydrogen-bond donors (Lipinski definition) is 1. The lowest BCUT2D eigenvalue weighted by Gasteiger charge is -2.30. The normalized spacial score (nSPS) is 15.3. The van der Waals surface area contributed by atoms with E-state index in [-0.39, 0.29) is 6.61 Å². The Bertz CT molecular complexity index is 1100. The highest BCUT2D eigenvalue weighted by Gasteiger charge is 2.19. The molecule has 0 radical (unpaired) electrons. The number of hydrogen-bond acceptors (Lipinski definition) is 4. The quantitative estimate of drug-likeness (QED) is 0.457. The van der Waals surface area contributed by atoms with E-state index in [9.17, 15) is 5.11 Å². The minimum Gasteiger partial charge on any atom is -0.491 e. The zero-order valence-corrected chi connectivity index (χ0v) is 18.7. The molecule has 2 aromatic carbocycles. The van der Waals surface area contributed by atoms with Crippen LogP contribution >= 0.6 is 0 Å². The van der Waals surface area contributed by atoms with Gasteiger partial charge >= 0.3 is 0 Å². The molecule has 6 heteroatoms. The third kappa shape index (κ3) is 5.15. The highest BCUT2D eigenvalue weighted by atomic mass is 16.5. The van der Waals surface area contributed by atoms with E-state index in [1.165, 1.54) is 11.1 Å². The molecule has 0 saturated carbocycles. The van der Waals surface area contributed by atoms with Crippen LogP contribution < -0.4 is 4.74 Å². The van der Waals surface area contributed by atoms with Crippen molar-refractivity contribution >= 4 is 18.4 Å². The molecule has 0 saturated heterocycles. The van der Waals surface area contributed by atoms with Crippen LogP contribution in [0.15, 0.2) is 70.8 Å². The lowest BCUT2D eigenvalue weighted by atomic mass is 10.00. The van der Waals surface area contributed by atoms with E-state index in [1.807, 2.05) is 55.1 Å². The molecule has 166 valence electrons. The van der Waals surface area contributed by atoms with Gasteiger partial charge < -0.3 is 14.4 Å². The van der Waals surface area contributed by atoms with E-state index in [0.29, 0.717) is 18.1 Å². The molecule has 0 bridgehead atoms. The number of fused-ring (bicyclic) bond motifs is 1. The van der Waals surface area contributed by atoms with Crippen LogP contribution in [0.25, 0.3) is 0 Å². The molecule has 1 atom stereocenters. The second-order valence-electron chi connectivity index (χ2n) is 8.27. The first-order valence-corrected chi connectivity index (χ1v) is 10.9. The van der Waals surface area contributed by atoms with Crippen molar-refractivity contribution in [2.75, 3.05) is 19.7 Å². The number of amidine groups is 1. The van der Waals surface area contributed by atoms with Crippen LogP contribution in [-0.2, 0) is 20.0 Å². The van der Waals surface area contributed by atoms with Crippen LogP contribution in [0.1, 0.15) is 22.3 Å². The Balaban J connectivity index is 1.37. The van der Waals surface area contributed by atoms with Gasteiger partial charge in [-0.15, -0.1) is 0 Å². The fourth-order valence-electron chi connectivity index (χ4n) is 4.08. The third-order valence-electron chi connectivity index (χ3n) is 5.81. The Morgan fingerprint density at radius 1 is 1.16 bits per heavy atom. The largest absolute Gasteiger partial charge is 0.491 e. The van der Waals surface area contributed by atoms with Crippen LogP contribution in [-0.4, -0.2) is 52.9 Å². The Hall–Kier alpha value is -3.22. The first-order valence-electron chi connectivity index (χ1n) is 10.9. The Morgan fingerprint density at radius 2 is 1.97 bits per heavy atom. The molecule has 0 amide bonds. The molecule has 1 unspecified atom stereocenters. The van der Waals surface area contributed by atoms with E-state index in [0.717, 1.165) is 36.5 Å². The van der Waals surface area contributed by atoms with Gasteiger partial charge in [0.15, 0.2) is 5.84 Å². The average Bonchev–Trinajstić information content (AvgIpc) is 3.13. The number of aliphatic hydroxyl groups is 1. The fraction of sp³-hybridized carbons (Fsp3) is 0.308. The maximum atomic E-state index is 10.5. The molecule has 0 spiro atoms. The van der Waals surface area contributed by atoms with E-state index in [2.05, 4.69) is 45.9 Å². The molecule has 1 aliphatic rings. The van der Waals surface area contributed by atoms with Gasteiger partial charge in [-0.1, -0.05) is 36.4 Å². The number of aryl methyl sites for hydroxylation is 2. The van der Waals surface area contributed by atoms with Crippen LogP contribution in [0.5, 0.6) is 5.75 Å². The molecular formula is C26H30N4O2. The van der Waals surface area contributed by atoms with E-state index < -0.39 is 6.10 Å². The van der Waals surface area contributed by atoms with E-state index in [1.54, 1.807) is 0 Å². The van der Waals surface area contributed by atoms with Gasteiger partial charge in [-0.05, 0) is 55.0 Å². The van der Waals surface area contributed by atoms with Crippen LogP contribution in [0, 0.1) is 6.92 Å². The number of β-amino-alcohol motifs (C(OH)–C–C–N with tert-alkyl or cyclic N) is 1. The van der Waals surface area contributed by atoms with Crippen molar-refractivity contribution in [1.29, 1.82) is 0 Å². The summed E-state index contributed by atoms with van der Waals surface area (Å²) in [5.41, 5.74) is 4.65. The summed E-state index contributed by atoms with van der Waals surface area (Å²) in [4.78, 5) is 11.1. The summed E-state index contributed by atoms with van der Waals surface area (Å²) in [5.74, 6) is 2.05. The van der Waals surface area contributed by atoms with Gasteiger partial charge in [-0.25, -0.2) is 9.98 Å². The number of nitrogens with zero attached hydrogens (tertiary/aromatic N) is 4. The lowest BCUT2D eigenvalue weighted by molar-refractivity contribution is 0.0638. The van der Waals surface area contributed by atoms with Gasteiger partial charge in [-0.3, -0.25) is 4.90 Å². The summed E-state index contributed by atoms with van der Waals surface area (Å²) >= 11 is 0. The van der Waals surface area contributed by atoms with Crippen LogP contribution in [0.2, 0.25) is 0 Å². The first-order chi connectivity index (χ1) is 15.5. The van der Waals surface area contributed by atoms with Crippen molar-refractivity contribution in [2.24, 2.45) is 17.0 Å². The number of rotatable bonds is 7. The standard InChI is InChI=1S/C26H30N4O2/c1-19-11-13-29(3)26(19)28-25(27-2)21-9-6-10-24(15-21)32-18-23(31)17-30-14-12-20-7-4-5-8-22(20)16-30/h4-11,13,15,23,31H,2,12,14,16-18H2,1,3H3. The lowest BCUT2D eigenvalue weighted by Crippen LogP contribution is -2.38. The molecule has 1 aliphatic heterocycles. The maximum Gasteiger partial charge on any atom is 0.161 e. The number of aliphatic imine (C=N–C) groups is 2. The summed E-state index contributed by atoms with van der Waals surface area (Å²) < 4.78 is 7.85. The fourth-order valence-corrected chi connectivity index (χ4v) is 4.08. The molecule has 1 aromatic heterocycles. The molecule has 4 rings (SSSR count). The Morgan fingerprint density at radius 3 is 2.72 bits per heavy atom. The number of aliphatic hydroxyl groups excluding tert-OH is 1. The van der Waals surface area contributed by atoms with Crippen LogP contribution in [0.3, 0.4) is 0 Å². The molecule has 0 fully saturated rings. The predicted molar refractivity (Wildman–Crippen MR) is 129 cm³/mol. The maximum absolute atomic E-state index is 10.5. The van der Waals surface area contributed by atoms with Crippen molar-refractivity contribution in [1.82, 2.24) is 9.47 Å². The second-order valence-corrected chi connectivity index (χ2v) is 8.27. The van der Waals surface area contributed by atoms with Gasteiger partial charge in [-0.2, -0.15) is 0 Å². The van der Waals surface area contributed by atoms with Gasteiger partial charge in [0, 0.05) is 38.4 Å². The smallest absolute Gasteiger partial charge is 0.161 e. The number of aromatic nitrogens is 1. The summed E-state index contributed by atoms with van der Waals surface area (Å²) in [6.07, 6.45) is 2.42. The van der Waals surface area contributed by atoms with E-state index in [4.69, 9.17) is 4.74 Å². The van der Waals surface area contributed by atoms with Gasteiger partial charge in [0.1, 0.15) is 24.3 Å². The zero-order chi connectivity index (χ0) is 22.5. The molecule has 6 nitrogen and oxygen atoms in total. The Kier molecular flexibility index (Phi) is 6.83. The minimum absolute atomic E-state index is 0.229. The van der Waals surface area contributed by atoms with E-state index >= 15 is 0 Å². The Labute approximate surface area is 189 Å². The summed E-state index contributed by atoms with van der Waals surface area (Å²) in [6.45, 7) is 8.33. The van der Waals surface area contributed by atoms with Crippen molar-refractivity contribution in [2.45, 2.75) is 26.0 Å². The highest BCUT2D eigenvalue weighted by Crippen LogP contribution is 2.22. The summed E-state index contributed by atoms with van der Waals surface area (Å²) in [7, 11) is 1.95. The third-order valence-corrected chi connectivity index (χ3v) is 5.81. The minimum atomic E-state index is -0.569. The first kappa shape index (κ1) is 22.0. The second kappa shape index (κ2) is 9.94. The average molecular weight is 431 g/mol. The van der Waals surface area contributed by atoms with Crippen molar-refractivity contribution in [3.63, 3.8) is 0 Å². The van der Waals surface area contributed by atoms with Gasteiger partial charge in [0.05, 0.1) is 0 Å². The molecule has 32 heavy (non-hydrogen) atoms. The number of ether oxygens (including phenoxy) is 1. The zero-order valence-electron chi connectivity index (χ0n) is 18.7. The SMILES string of the molecule is C=NC(=Nc1c(C)ccn1C)c1cccc(OCC(O)CN2CCc3ccccc3C2)c1. The topological polar surface area (TPSA) is 62.4 Å².